The van der Waals surface area contributed by atoms with Gasteiger partial charge in [0.1, 0.15) is 23.0 Å². The van der Waals surface area contributed by atoms with E-state index < -0.39 is 5.97 Å². The summed E-state index contributed by atoms with van der Waals surface area (Å²) in [6.07, 6.45) is 3.72. The molecule has 2 aromatic heterocycles. The van der Waals surface area contributed by atoms with Crippen LogP contribution in [0.15, 0.2) is 89.6 Å². The maximum Gasteiger partial charge on any atom is 0.335 e. The first kappa shape index (κ1) is 30.8. The van der Waals surface area contributed by atoms with Crippen LogP contribution >= 0.6 is 22.7 Å². The van der Waals surface area contributed by atoms with Crippen LogP contribution in [-0.2, 0) is 0 Å². The highest BCUT2D eigenvalue weighted by Crippen LogP contribution is 2.38. The van der Waals surface area contributed by atoms with Crippen LogP contribution in [0.1, 0.15) is 36.6 Å². The van der Waals surface area contributed by atoms with E-state index in [2.05, 4.69) is 0 Å². The molecule has 5 rings (SSSR count). The van der Waals surface area contributed by atoms with Crippen LogP contribution in [0, 0.1) is 0 Å². The summed E-state index contributed by atoms with van der Waals surface area (Å²) in [5.41, 5.74) is 2.89. The Morgan fingerprint density at radius 3 is 1.65 bits per heavy atom. The number of carbonyl (C=O) groups is 3. The van der Waals surface area contributed by atoms with Crippen molar-refractivity contribution in [1.29, 1.82) is 0 Å². The third-order valence-electron chi connectivity index (χ3n) is 6.23. The van der Waals surface area contributed by atoms with Gasteiger partial charge in [0, 0.05) is 44.1 Å². The van der Waals surface area contributed by atoms with E-state index in [9.17, 15) is 24.6 Å². The summed E-state index contributed by atoms with van der Waals surface area (Å²) < 4.78 is 10.3. The zero-order valence-corrected chi connectivity index (χ0v) is 24.6. The van der Waals surface area contributed by atoms with Crippen LogP contribution in [0.2, 0.25) is 0 Å². The molecule has 0 saturated heterocycles. The van der Waals surface area contributed by atoms with Gasteiger partial charge in [-0.15, -0.1) is 22.7 Å². The number of hydrogen-bond donors (Lipinski definition) is 3. The second-order valence-corrected chi connectivity index (χ2v) is 10.8. The molecule has 0 aliphatic carbocycles. The lowest BCUT2D eigenvalue weighted by atomic mass is 10.0. The number of methoxy groups -OCH3 is 2. The molecule has 0 aliphatic heterocycles. The first-order valence-electron chi connectivity index (χ1n) is 12.7. The summed E-state index contributed by atoms with van der Waals surface area (Å²) in [5.74, 6) is -0.267. The minimum Gasteiger partial charge on any atom is -0.507 e. The molecule has 0 fully saturated rings. The molecule has 3 aromatic carbocycles. The molecule has 2 heterocycles. The molecule has 0 saturated carbocycles. The van der Waals surface area contributed by atoms with E-state index in [1.54, 1.807) is 18.2 Å². The molecule has 10 heteroatoms. The van der Waals surface area contributed by atoms with Crippen molar-refractivity contribution in [3.05, 3.63) is 112 Å². The van der Waals surface area contributed by atoms with Gasteiger partial charge in [-0.2, -0.15) is 0 Å². The lowest BCUT2D eigenvalue weighted by Crippen LogP contribution is -1.99. The number of aromatic carboxylic acids is 1. The number of aromatic hydroxyl groups is 2. The summed E-state index contributed by atoms with van der Waals surface area (Å²) in [5, 5.41) is 32.8. The third-order valence-corrected chi connectivity index (χ3v) is 8.03. The van der Waals surface area contributed by atoms with E-state index in [4.69, 9.17) is 14.6 Å². The fourth-order valence-electron chi connectivity index (χ4n) is 4.04. The number of allylic oxidation sites excluding steroid dienone is 1. The minimum absolute atomic E-state index is 0.0991. The number of hydrogen-bond acceptors (Lipinski definition) is 9. The van der Waals surface area contributed by atoms with Crippen molar-refractivity contribution < 1.29 is 39.2 Å². The fourth-order valence-corrected chi connectivity index (χ4v) is 5.55. The Morgan fingerprint density at radius 2 is 1.21 bits per heavy atom. The summed E-state index contributed by atoms with van der Waals surface area (Å²) in [6.45, 7) is 0. The van der Waals surface area contributed by atoms with E-state index >= 15 is 0 Å². The molecule has 218 valence electrons. The van der Waals surface area contributed by atoms with Crippen LogP contribution in [-0.4, -0.2) is 47.6 Å². The van der Waals surface area contributed by atoms with Crippen molar-refractivity contribution in [2.75, 3.05) is 14.2 Å². The Labute approximate surface area is 255 Å². The van der Waals surface area contributed by atoms with Gasteiger partial charge in [0.05, 0.1) is 25.3 Å². The summed E-state index contributed by atoms with van der Waals surface area (Å²) in [4.78, 5) is 35.9. The average Bonchev–Trinajstić information content (AvgIpc) is 3.76. The lowest BCUT2D eigenvalue weighted by molar-refractivity contribution is 0.0696. The highest BCUT2D eigenvalue weighted by atomic mass is 32.1. The van der Waals surface area contributed by atoms with E-state index in [1.807, 2.05) is 35.0 Å². The predicted molar refractivity (Wildman–Crippen MR) is 168 cm³/mol. The summed E-state index contributed by atoms with van der Waals surface area (Å²) >= 11 is 3.00. The lowest BCUT2D eigenvalue weighted by Gasteiger charge is -2.09. The molecule has 0 aliphatic rings. The molecule has 0 bridgehead atoms. The van der Waals surface area contributed by atoms with Crippen LogP contribution < -0.4 is 9.47 Å². The van der Waals surface area contributed by atoms with E-state index in [1.165, 1.54) is 79.4 Å². The molecule has 0 unspecified atom stereocenters. The molecule has 8 nitrogen and oxygen atoms in total. The van der Waals surface area contributed by atoms with Gasteiger partial charge in [0.15, 0.2) is 12.1 Å². The van der Waals surface area contributed by atoms with Crippen LogP contribution in [0.25, 0.3) is 27.0 Å². The largest absolute Gasteiger partial charge is 0.507 e. The topological polar surface area (TPSA) is 130 Å². The maximum absolute atomic E-state index is 12.4. The second kappa shape index (κ2) is 14.1. The molecule has 5 aromatic rings. The number of ketones is 1. The summed E-state index contributed by atoms with van der Waals surface area (Å²) in [7, 11) is 2.95. The number of ether oxygens (including phenoxy) is 2. The van der Waals surface area contributed by atoms with Gasteiger partial charge in [-0.25, -0.2) is 4.79 Å². The molecule has 0 amide bonds. The number of benzene rings is 3. The van der Waals surface area contributed by atoms with Crippen molar-refractivity contribution in [1.82, 2.24) is 0 Å². The van der Waals surface area contributed by atoms with Gasteiger partial charge < -0.3 is 24.8 Å². The molecule has 43 heavy (non-hydrogen) atoms. The van der Waals surface area contributed by atoms with E-state index in [-0.39, 0.29) is 22.8 Å². The Kier molecular flexibility index (Phi) is 10.1. The number of carbonyl (C=O) groups excluding carboxylic acids is 2. The highest BCUT2D eigenvalue weighted by molar-refractivity contribution is 7.13. The number of carboxylic acids is 1. The number of rotatable bonds is 9. The number of carboxylic acid groups (broad SMARTS) is 1. The molecule has 0 atom stereocenters. The van der Waals surface area contributed by atoms with Gasteiger partial charge in [-0.05, 0) is 59.3 Å². The van der Waals surface area contributed by atoms with Gasteiger partial charge in [-0.1, -0.05) is 24.3 Å². The molecular formula is C33H26O8S2. The first-order chi connectivity index (χ1) is 20.7. The normalized spacial score (nSPS) is 10.6. The SMILES string of the molecule is COc1cc(O)c(-c2cccs2)cc1/C=C/C(=O)c1ccc(C(=O)O)cc1.COc1cc(O)c(-c2cccs2)cc1C=O. The third kappa shape index (κ3) is 7.37. The minimum atomic E-state index is -1.04. The maximum atomic E-state index is 12.4. The Morgan fingerprint density at radius 1 is 0.721 bits per heavy atom. The van der Waals surface area contributed by atoms with Crippen LogP contribution in [0.3, 0.4) is 0 Å². The predicted octanol–water partition coefficient (Wildman–Crippen LogP) is 7.67. The Bertz CT molecular complexity index is 1750. The Balaban J connectivity index is 0.000000225. The smallest absolute Gasteiger partial charge is 0.335 e. The quantitative estimate of drug-likeness (QED) is 0.0876. The van der Waals surface area contributed by atoms with E-state index in [0.717, 1.165) is 16.0 Å². The summed E-state index contributed by atoms with van der Waals surface area (Å²) in [6, 6.07) is 19.7. The number of phenols is 2. The van der Waals surface area contributed by atoms with Crippen molar-refractivity contribution in [2.45, 2.75) is 0 Å². The molecular weight excluding hydrogens is 588 g/mol. The second-order valence-electron chi connectivity index (χ2n) is 8.88. The van der Waals surface area contributed by atoms with Crippen LogP contribution in [0.5, 0.6) is 23.0 Å². The van der Waals surface area contributed by atoms with Gasteiger partial charge in [0.25, 0.3) is 0 Å². The van der Waals surface area contributed by atoms with Gasteiger partial charge in [0.2, 0.25) is 0 Å². The number of thiophene rings is 2. The Hall–Kier alpha value is -5.19. The van der Waals surface area contributed by atoms with Gasteiger partial charge in [-0.3, -0.25) is 9.59 Å². The molecule has 3 N–H and O–H groups in total. The number of phenolic OH excluding ortho intramolecular Hbond substituents is 2. The fraction of sp³-hybridized carbons (Fsp3) is 0.0606. The number of aldehydes is 1. The molecule has 0 spiro atoms. The van der Waals surface area contributed by atoms with Gasteiger partial charge >= 0.3 is 5.97 Å². The van der Waals surface area contributed by atoms with Crippen molar-refractivity contribution in [3.63, 3.8) is 0 Å². The zero-order chi connectivity index (χ0) is 30.9. The first-order valence-corrected chi connectivity index (χ1v) is 14.4. The van der Waals surface area contributed by atoms with Crippen LogP contribution in [0.4, 0.5) is 0 Å². The highest BCUT2D eigenvalue weighted by Gasteiger charge is 2.13. The zero-order valence-electron chi connectivity index (χ0n) is 23.0. The van der Waals surface area contributed by atoms with Crippen molar-refractivity contribution in [3.8, 4) is 43.9 Å². The monoisotopic (exact) mass is 614 g/mol. The van der Waals surface area contributed by atoms with Crippen molar-refractivity contribution >= 4 is 46.8 Å². The van der Waals surface area contributed by atoms with E-state index in [0.29, 0.717) is 39.3 Å². The standard InChI is InChI=1S/C21H16O5S.C12H10O3S/c1-26-19-12-18(23)16(20-3-2-10-27-20)11-15(19)8-9-17(22)13-4-6-14(7-5-13)21(24)25;1-15-11-6-10(14)9(5-8(11)7-13)12-3-2-4-16-12/h2-12,23H,1H3,(H,24,25);2-7,14H,1H3/b9-8+;. The average molecular weight is 615 g/mol. The van der Waals surface area contributed by atoms with Crippen molar-refractivity contribution in [2.24, 2.45) is 0 Å². The molecule has 0 radical (unpaired) electrons.